The second-order valence-corrected chi connectivity index (χ2v) is 5.83. The summed E-state index contributed by atoms with van der Waals surface area (Å²) in [5, 5.41) is 7.31. The second kappa shape index (κ2) is 7.34. The van der Waals surface area contributed by atoms with Crippen molar-refractivity contribution in [2.75, 3.05) is 13.2 Å². The molecule has 0 radical (unpaired) electrons. The second-order valence-electron chi connectivity index (χ2n) is 5.83. The number of amides is 1. The van der Waals surface area contributed by atoms with Crippen LogP contribution in [-0.4, -0.2) is 31.2 Å². The highest BCUT2D eigenvalue weighted by Crippen LogP contribution is 2.29. The predicted molar refractivity (Wildman–Crippen MR) is 92.0 cm³/mol. The van der Waals surface area contributed by atoms with E-state index in [1.54, 1.807) is 0 Å². The summed E-state index contributed by atoms with van der Waals surface area (Å²) in [5.41, 5.74) is 1.92. The molecular formula is C17H23ClN2O3. The SMILES string of the molecule is Cc1c(C(C)NC(=O)[C@H]2NCCO[C@@H]2C)oc2ccccc12.Cl. The van der Waals surface area contributed by atoms with E-state index in [0.717, 1.165) is 22.3 Å². The summed E-state index contributed by atoms with van der Waals surface area (Å²) in [6.07, 6.45) is -0.127. The van der Waals surface area contributed by atoms with Crippen molar-refractivity contribution < 1.29 is 13.9 Å². The number of benzene rings is 1. The molecule has 1 aromatic heterocycles. The number of para-hydroxylation sites is 1. The standard InChI is InChI=1S/C17H22N2O3.ClH/c1-10-13-6-4-5-7-14(13)22-16(10)11(2)19-17(20)15-12(3)21-9-8-18-15;/h4-7,11-12,15,18H,8-9H2,1-3H3,(H,19,20);1H/t11?,12-,15+;/m1./s1. The molecule has 2 heterocycles. The molecule has 1 aliphatic heterocycles. The van der Waals surface area contributed by atoms with Crippen LogP contribution in [0.5, 0.6) is 0 Å². The Labute approximate surface area is 142 Å². The van der Waals surface area contributed by atoms with Gasteiger partial charge in [-0.15, -0.1) is 12.4 Å². The van der Waals surface area contributed by atoms with Crippen LogP contribution in [0.4, 0.5) is 0 Å². The number of hydrogen-bond acceptors (Lipinski definition) is 4. The molecule has 1 aromatic carbocycles. The summed E-state index contributed by atoms with van der Waals surface area (Å²) in [7, 11) is 0. The van der Waals surface area contributed by atoms with Crippen molar-refractivity contribution in [1.29, 1.82) is 0 Å². The third-order valence-electron chi connectivity index (χ3n) is 4.23. The van der Waals surface area contributed by atoms with Gasteiger partial charge in [-0.1, -0.05) is 18.2 Å². The summed E-state index contributed by atoms with van der Waals surface area (Å²) in [6, 6.07) is 7.41. The topological polar surface area (TPSA) is 63.5 Å². The van der Waals surface area contributed by atoms with Crippen molar-refractivity contribution in [3.63, 3.8) is 0 Å². The molecular weight excluding hydrogens is 316 g/mol. The first kappa shape index (κ1) is 17.8. The molecule has 1 aliphatic rings. The number of nitrogens with one attached hydrogen (secondary N) is 2. The number of carbonyl (C=O) groups is 1. The van der Waals surface area contributed by atoms with E-state index in [2.05, 4.69) is 10.6 Å². The van der Waals surface area contributed by atoms with Crippen LogP contribution in [0.1, 0.15) is 31.2 Å². The minimum absolute atomic E-state index is 0. The normalized spacial score (nSPS) is 22.4. The number of hydrogen-bond donors (Lipinski definition) is 2. The average molecular weight is 339 g/mol. The molecule has 0 aliphatic carbocycles. The van der Waals surface area contributed by atoms with Crippen molar-refractivity contribution >= 4 is 29.3 Å². The molecule has 2 aromatic rings. The lowest BCUT2D eigenvalue weighted by Crippen LogP contribution is -2.55. The maximum atomic E-state index is 12.4. The van der Waals surface area contributed by atoms with Gasteiger partial charge in [-0.25, -0.2) is 0 Å². The smallest absolute Gasteiger partial charge is 0.240 e. The Hall–Kier alpha value is -1.56. The number of aryl methyl sites for hydroxylation is 1. The Kier molecular flexibility index (Phi) is 5.68. The highest BCUT2D eigenvalue weighted by Gasteiger charge is 2.30. The maximum absolute atomic E-state index is 12.4. The summed E-state index contributed by atoms with van der Waals surface area (Å²) < 4.78 is 11.4. The number of ether oxygens (including phenoxy) is 1. The molecule has 0 saturated carbocycles. The summed E-state index contributed by atoms with van der Waals surface area (Å²) >= 11 is 0. The zero-order chi connectivity index (χ0) is 15.7. The average Bonchev–Trinajstić information content (AvgIpc) is 2.85. The number of carbonyl (C=O) groups excluding carboxylic acids is 1. The monoisotopic (exact) mass is 338 g/mol. The number of morpholine rings is 1. The number of fused-ring (bicyclic) bond motifs is 1. The summed E-state index contributed by atoms with van der Waals surface area (Å²) in [5.74, 6) is 0.749. The molecule has 6 heteroatoms. The number of rotatable bonds is 3. The van der Waals surface area contributed by atoms with Gasteiger partial charge in [-0.3, -0.25) is 4.79 Å². The molecule has 1 saturated heterocycles. The Morgan fingerprint density at radius 1 is 1.39 bits per heavy atom. The van der Waals surface area contributed by atoms with E-state index < -0.39 is 0 Å². The molecule has 1 amide bonds. The molecule has 23 heavy (non-hydrogen) atoms. The van der Waals surface area contributed by atoms with Crippen molar-refractivity contribution in [1.82, 2.24) is 10.6 Å². The van der Waals surface area contributed by atoms with E-state index in [-0.39, 0.29) is 36.5 Å². The molecule has 1 fully saturated rings. The fourth-order valence-corrected chi connectivity index (χ4v) is 3.00. The van der Waals surface area contributed by atoms with Crippen LogP contribution in [0.2, 0.25) is 0 Å². The first-order valence-electron chi connectivity index (χ1n) is 7.71. The van der Waals surface area contributed by atoms with Crippen LogP contribution in [0.15, 0.2) is 28.7 Å². The molecule has 3 rings (SSSR count). The van der Waals surface area contributed by atoms with E-state index in [1.165, 1.54) is 0 Å². The molecule has 0 bridgehead atoms. The Morgan fingerprint density at radius 2 is 2.13 bits per heavy atom. The zero-order valence-corrected chi connectivity index (χ0v) is 14.4. The van der Waals surface area contributed by atoms with Crippen molar-refractivity contribution in [2.24, 2.45) is 0 Å². The third-order valence-corrected chi connectivity index (χ3v) is 4.23. The Bertz CT molecular complexity index is 686. The van der Waals surface area contributed by atoms with E-state index in [9.17, 15) is 4.79 Å². The molecule has 3 atom stereocenters. The van der Waals surface area contributed by atoms with Crippen molar-refractivity contribution in [3.05, 3.63) is 35.6 Å². The highest BCUT2D eigenvalue weighted by molar-refractivity contribution is 5.85. The molecule has 2 N–H and O–H groups in total. The molecule has 126 valence electrons. The van der Waals surface area contributed by atoms with Crippen LogP contribution >= 0.6 is 12.4 Å². The van der Waals surface area contributed by atoms with Crippen LogP contribution in [-0.2, 0) is 9.53 Å². The summed E-state index contributed by atoms with van der Waals surface area (Å²) in [4.78, 5) is 12.4. The van der Waals surface area contributed by atoms with Gasteiger partial charge in [0.15, 0.2) is 0 Å². The van der Waals surface area contributed by atoms with Crippen LogP contribution in [0.3, 0.4) is 0 Å². The predicted octanol–water partition coefficient (Wildman–Crippen LogP) is 2.72. The maximum Gasteiger partial charge on any atom is 0.240 e. The quantitative estimate of drug-likeness (QED) is 0.903. The van der Waals surface area contributed by atoms with E-state index in [4.69, 9.17) is 9.15 Å². The Balaban J connectivity index is 0.00000192. The highest BCUT2D eigenvalue weighted by atomic mass is 35.5. The number of halogens is 1. The van der Waals surface area contributed by atoms with Gasteiger partial charge >= 0.3 is 0 Å². The minimum Gasteiger partial charge on any atom is -0.459 e. The van der Waals surface area contributed by atoms with Gasteiger partial charge < -0.3 is 19.8 Å². The minimum atomic E-state index is -0.319. The fraction of sp³-hybridized carbons (Fsp3) is 0.471. The van der Waals surface area contributed by atoms with Gasteiger partial charge in [0.25, 0.3) is 0 Å². The van der Waals surface area contributed by atoms with Gasteiger partial charge in [-0.2, -0.15) is 0 Å². The zero-order valence-electron chi connectivity index (χ0n) is 13.6. The first-order valence-corrected chi connectivity index (χ1v) is 7.71. The van der Waals surface area contributed by atoms with Crippen LogP contribution in [0, 0.1) is 6.92 Å². The molecule has 5 nitrogen and oxygen atoms in total. The lowest BCUT2D eigenvalue weighted by molar-refractivity contribution is -0.129. The van der Waals surface area contributed by atoms with Crippen LogP contribution in [0.25, 0.3) is 11.0 Å². The van der Waals surface area contributed by atoms with E-state index >= 15 is 0 Å². The van der Waals surface area contributed by atoms with Gasteiger partial charge in [0, 0.05) is 17.5 Å². The van der Waals surface area contributed by atoms with Gasteiger partial charge in [-0.05, 0) is 26.8 Å². The van der Waals surface area contributed by atoms with Crippen molar-refractivity contribution in [3.8, 4) is 0 Å². The summed E-state index contributed by atoms with van der Waals surface area (Å²) in [6.45, 7) is 7.21. The largest absolute Gasteiger partial charge is 0.459 e. The van der Waals surface area contributed by atoms with E-state index in [1.807, 2.05) is 45.0 Å². The van der Waals surface area contributed by atoms with Gasteiger partial charge in [0.2, 0.25) is 5.91 Å². The van der Waals surface area contributed by atoms with Gasteiger partial charge in [0.1, 0.15) is 17.4 Å². The van der Waals surface area contributed by atoms with Crippen LogP contribution < -0.4 is 10.6 Å². The fourth-order valence-electron chi connectivity index (χ4n) is 3.00. The number of furan rings is 1. The first-order chi connectivity index (χ1) is 10.6. The third kappa shape index (κ3) is 3.52. The van der Waals surface area contributed by atoms with Crippen molar-refractivity contribution in [2.45, 2.75) is 39.0 Å². The lowest BCUT2D eigenvalue weighted by atomic mass is 10.1. The molecule has 0 spiro atoms. The lowest BCUT2D eigenvalue weighted by Gasteiger charge is -2.30. The van der Waals surface area contributed by atoms with E-state index in [0.29, 0.717) is 13.2 Å². The van der Waals surface area contributed by atoms with Gasteiger partial charge in [0.05, 0.1) is 18.8 Å². The Morgan fingerprint density at radius 3 is 2.83 bits per heavy atom. The molecule has 1 unspecified atom stereocenters.